The van der Waals surface area contributed by atoms with Crippen molar-refractivity contribution in [3.63, 3.8) is 0 Å². The Balaban J connectivity index is 1.93. The zero-order chi connectivity index (χ0) is 16.7. The predicted octanol–water partition coefficient (Wildman–Crippen LogP) is 2.44. The smallest absolute Gasteiger partial charge is 0.333 e. The van der Waals surface area contributed by atoms with Crippen LogP contribution in [0, 0.1) is 24.0 Å². The van der Waals surface area contributed by atoms with E-state index in [1.807, 2.05) is 36.7 Å². The van der Waals surface area contributed by atoms with Crippen molar-refractivity contribution in [1.29, 1.82) is 0 Å². The van der Waals surface area contributed by atoms with Gasteiger partial charge in [0.2, 0.25) is 5.82 Å². The highest BCUT2D eigenvalue weighted by Gasteiger charge is 2.24. The van der Waals surface area contributed by atoms with E-state index in [1.165, 1.54) is 4.68 Å². The molecule has 0 amide bonds. The van der Waals surface area contributed by atoms with Crippen LogP contribution >= 0.6 is 0 Å². The Morgan fingerprint density at radius 1 is 1.30 bits per heavy atom. The van der Waals surface area contributed by atoms with Gasteiger partial charge >= 0.3 is 5.69 Å². The maximum absolute atomic E-state index is 11.2. The maximum Gasteiger partial charge on any atom is 0.333 e. The van der Waals surface area contributed by atoms with Crippen molar-refractivity contribution in [2.75, 3.05) is 5.32 Å². The van der Waals surface area contributed by atoms with E-state index in [2.05, 4.69) is 15.4 Å². The number of benzene rings is 1. The summed E-state index contributed by atoms with van der Waals surface area (Å²) in [6.45, 7) is 4.03. The summed E-state index contributed by atoms with van der Waals surface area (Å²) in [6.07, 6.45) is 0. The van der Waals surface area contributed by atoms with Crippen molar-refractivity contribution >= 4 is 22.5 Å². The molecule has 2 aromatic heterocycles. The third-order valence-electron chi connectivity index (χ3n) is 3.92. The Labute approximate surface area is 132 Å². The zero-order valence-corrected chi connectivity index (χ0v) is 13.5. The fourth-order valence-electron chi connectivity index (χ4n) is 2.74. The molecule has 1 N–H and O–H groups in total. The Morgan fingerprint density at radius 3 is 2.74 bits per heavy atom. The van der Waals surface area contributed by atoms with Crippen molar-refractivity contribution in [1.82, 2.24) is 19.3 Å². The minimum Gasteiger partial charge on any atom is -0.357 e. The number of nitrogens with one attached hydrogen (secondary N) is 1. The third kappa shape index (κ3) is 2.52. The van der Waals surface area contributed by atoms with Gasteiger partial charge in [0, 0.05) is 14.1 Å². The van der Waals surface area contributed by atoms with Crippen LogP contribution in [0.5, 0.6) is 0 Å². The van der Waals surface area contributed by atoms with Gasteiger partial charge in [-0.25, -0.2) is 9.67 Å². The van der Waals surface area contributed by atoms with E-state index in [9.17, 15) is 10.1 Å². The second-order valence-electron chi connectivity index (χ2n) is 5.60. The van der Waals surface area contributed by atoms with Crippen LogP contribution < -0.4 is 5.32 Å². The van der Waals surface area contributed by atoms with E-state index in [-0.39, 0.29) is 5.69 Å². The summed E-state index contributed by atoms with van der Waals surface area (Å²) in [4.78, 5) is 15.4. The fourth-order valence-corrected chi connectivity index (χ4v) is 2.74. The van der Waals surface area contributed by atoms with Gasteiger partial charge in [-0.15, -0.1) is 0 Å². The third-order valence-corrected chi connectivity index (χ3v) is 3.92. The number of nitro groups is 1. The molecule has 0 aliphatic heterocycles. The van der Waals surface area contributed by atoms with E-state index < -0.39 is 4.92 Å². The summed E-state index contributed by atoms with van der Waals surface area (Å²) in [5.74, 6) is 1.19. The van der Waals surface area contributed by atoms with Crippen LogP contribution in [0.2, 0.25) is 0 Å². The molecule has 120 valence electrons. The summed E-state index contributed by atoms with van der Waals surface area (Å²) in [5, 5.41) is 18.4. The normalized spacial score (nSPS) is 11.1. The van der Waals surface area contributed by atoms with Gasteiger partial charge in [-0.2, -0.15) is 5.10 Å². The first-order valence-corrected chi connectivity index (χ1v) is 7.22. The van der Waals surface area contributed by atoms with Gasteiger partial charge in [-0.3, -0.25) is 10.1 Å². The molecule has 0 bridgehead atoms. The van der Waals surface area contributed by atoms with Crippen LogP contribution in [-0.4, -0.2) is 24.3 Å². The topological polar surface area (TPSA) is 90.8 Å². The van der Waals surface area contributed by atoms with Gasteiger partial charge in [-0.1, -0.05) is 6.07 Å². The van der Waals surface area contributed by atoms with Gasteiger partial charge < -0.3 is 9.88 Å². The fraction of sp³-hybridized carbons (Fsp3) is 0.333. The number of aryl methyl sites for hydroxylation is 4. The molecule has 0 unspecified atom stereocenters. The summed E-state index contributed by atoms with van der Waals surface area (Å²) < 4.78 is 3.47. The molecule has 3 rings (SSSR count). The number of rotatable bonds is 4. The lowest BCUT2D eigenvalue weighted by molar-refractivity contribution is -0.384. The molecule has 0 fully saturated rings. The molecule has 8 nitrogen and oxygen atoms in total. The highest BCUT2D eigenvalue weighted by atomic mass is 16.6. The number of hydrogen-bond donors (Lipinski definition) is 1. The first-order valence-electron chi connectivity index (χ1n) is 7.22. The van der Waals surface area contributed by atoms with Gasteiger partial charge in [-0.05, 0) is 31.5 Å². The molecule has 0 atom stereocenters. The highest BCUT2D eigenvalue weighted by Crippen LogP contribution is 2.27. The number of anilines is 1. The summed E-state index contributed by atoms with van der Waals surface area (Å²) in [6, 6.07) is 6.09. The Bertz CT molecular complexity index is 908. The van der Waals surface area contributed by atoms with Crippen molar-refractivity contribution in [3.05, 3.63) is 45.4 Å². The molecular weight excluding hydrogens is 296 g/mol. The second kappa shape index (κ2) is 5.38. The molecular formula is C15H18N6O2. The molecule has 0 spiro atoms. The largest absolute Gasteiger partial charge is 0.357 e. The standard InChI is InChI=1S/C15H18N6O2/c1-9-5-6-12-11(7-9)17-13(19(12)3)8-16-15-14(21(22)23)10(2)18-20(15)4/h5-7,16H,8H2,1-4H3. The number of imidazole rings is 1. The molecule has 0 radical (unpaired) electrons. The molecule has 8 heteroatoms. The SMILES string of the molecule is Cc1ccc2c(c1)nc(CNc1c([N+](=O)[O-])c(C)nn1C)n2C. The zero-order valence-electron chi connectivity index (χ0n) is 13.5. The Morgan fingerprint density at radius 2 is 2.04 bits per heavy atom. The number of fused-ring (bicyclic) bond motifs is 1. The van der Waals surface area contributed by atoms with Crippen LogP contribution in [0.15, 0.2) is 18.2 Å². The van der Waals surface area contributed by atoms with Crippen LogP contribution in [0.1, 0.15) is 17.1 Å². The van der Waals surface area contributed by atoms with Crippen LogP contribution in [0.4, 0.5) is 11.5 Å². The van der Waals surface area contributed by atoms with E-state index >= 15 is 0 Å². The van der Waals surface area contributed by atoms with Crippen molar-refractivity contribution in [3.8, 4) is 0 Å². The monoisotopic (exact) mass is 314 g/mol. The van der Waals surface area contributed by atoms with Gasteiger partial charge in [0.15, 0.2) is 0 Å². The molecule has 3 aromatic rings. The van der Waals surface area contributed by atoms with Gasteiger partial charge in [0.25, 0.3) is 0 Å². The number of hydrogen-bond acceptors (Lipinski definition) is 5. The van der Waals surface area contributed by atoms with Crippen LogP contribution in [-0.2, 0) is 20.6 Å². The minimum absolute atomic E-state index is 0.00195. The van der Waals surface area contributed by atoms with E-state index in [0.29, 0.717) is 18.1 Å². The first-order chi connectivity index (χ1) is 10.9. The summed E-state index contributed by atoms with van der Waals surface area (Å²) >= 11 is 0. The van der Waals surface area contributed by atoms with E-state index in [4.69, 9.17) is 0 Å². The quantitative estimate of drug-likeness (QED) is 0.590. The van der Waals surface area contributed by atoms with Crippen LogP contribution in [0.3, 0.4) is 0 Å². The lowest BCUT2D eigenvalue weighted by Crippen LogP contribution is -2.10. The Kier molecular flexibility index (Phi) is 3.51. The Hall–Kier alpha value is -2.90. The second-order valence-corrected chi connectivity index (χ2v) is 5.60. The molecule has 0 aliphatic rings. The average molecular weight is 314 g/mol. The first kappa shape index (κ1) is 15.0. The predicted molar refractivity (Wildman–Crippen MR) is 87.4 cm³/mol. The van der Waals surface area contributed by atoms with E-state index in [1.54, 1.807) is 14.0 Å². The molecule has 1 aromatic carbocycles. The van der Waals surface area contributed by atoms with Crippen molar-refractivity contribution in [2.45, 2.75) is 20.4 Å². The van der Waals surface area contributed by atoms with Gasteiger partial charge in [0.05, 0.1) is 22.5 Å². The van der Waals surface area contributed by atoms with Crippen molar-refractivity contribution < 1.29 is 4.92 Å². The average Bonchev–Trinajstić information content (AvgIpc) is 2.93. The maximum atomic E-state index is 11.2. The molecule has 23 heavy (non-hydrogen) atoms. The molecule has 0 aliphatic carbocycles. The van der Waals surface area contributed by atoms with Crippen LogP contribution in [0.25, 0.3) is 11.0 Å². The van der Waals surface area contributed by atoms with Gasteiger partial charge in [0.1, 0.15) is 11.5 Å². The highest BCUT2D eigenvalue weighted by molar-refractivity contribution is 5.76. The number of aromatic nitrogens is 4. The number of nitrogens with zero attached hydrogens (tertiary/aromatic N) is 5. The van der Waals surface area contributed by atoms with E-state index in [0.717, 1.165) is 22.4 Å². The van der Waals surface area contributed by atoms with Crippen molar-refractivity contribution in [2.24, 2.45) is 14.1 Å². The molecule has 2 heterocycles. The lowest BCUT2D eigenvalue weighted by Gasteiger charge is -2.06. The lowest BCUT2D eigenvalue weighted by atomic mass is 10.2. The summed E-state index contributed by atoms with van der Waals surface area (Å²) in [5.41, 5.74) is 3.49. The molecule has 0 saturated carbocycles. The molecule has 0 saturated heterocycles. The minimum atomic E-state index is -0.414. The summed E-state index contributed by atoms with van der Waals surface area (Å²) in [7, 11) is 3.62.